The predicted molar refractivity (Wildman–Crippen MR) is 191 cm³/mol. The quantitative estimate of drug-likeness (QED) is 0.104. The number of hydrogen-bond donors (Lipinski definition) is 0. The fourth-order valence-electron chi connectivity index (χ4n) is 5.63. The van der Waals surface area contributed by atoms with Gasteiger partial charge in [0.15, 0.2) is 0 Å². The third-order valence-electron chi connectivity index (χ3n) is 7.90. The van der Waals surface area contributed by atoms with E-state index in [1.165, 1.54) is 48.9 Å². The van der Waals surface area contributed by atoms with Gasteiger partial charge in [-0.3, -0.25) is 0 Å². The molecule has 0 amide bonds. The normalized spacial score (nSPS) is 11.4. The zero-order valence-corrected chi connectivity index (χ0v) is 27.1. The van der Waals surface area contributed by atoms with E-state index >= 15 is 0 Å². The SMILES string of the molecule is C[Si](C)(C)C#C[Si](c1ccc(-c2ccccc2)cc1)(c1ccc(-c2ccccc2)cc1)c1ccc(-c2ccccc2)cc1. The summed E-state index contributed by atoms with van der Waals surface area (Å²) in [7, 11) is -4.41. The Morgan fingerprint density at radius 2 is 0.558 bits per heavy atom. The largest absolute Gasteiger partial charge is 0.228 e. The summed E-state index contributed by atoms with van der Waals surface area (Å²) in [4.78, 5) is 0. The molecular weight excluding hydrogens is 549 g/mol. The lowest BCUT2D eigenvalue weighted by atomic mass is 10.1. The minimum Gasteiger partial charge on any atom is -0.138 e. The number of benzene rings is 6. The summed E-state index contributed by atoms with van der Waals surface area (Å²) in [5, 5.41) is 3.95. The van der Waals surface area contributed by atoms with E-state index in [4.69, 9.17) is 0 Å². The second-order valence-electron chi connectivity index (χ2n) is 12.1. The molecule has 0 atom stereocenters. The van der Waals surface area contributed by atoms with Crippen molar-refractivity contribution in [1.29, 1.82) is 0 Å². The highest BCUT2D eigenvalue weighted by Crippen LogP contribution is 2.22. The van der Waals surface area contributed by atoms with E-state index in [9.17, 15) is 0 Å². The van der Waals surface area contributed by atoms with E-state index in [1.807, 2.05) is 0 Å². The molecule has 0 aliphatic rings. The van der Waals surface area contributed by atoms with Gasteiger partial charge in [-0.2, -0.15) is 0 Å². The molecule has 6 rings (SSSR count). The first-order valence-electron chi connectivity index (χ1n) is 14.9. The summed E-state index contributed by atoms with van der Waals surface area (Å²) in [5.41, 5.74) is 15.3. The standard InChI is InChI=1S/C41H36Si2/c1-42(2,3)31-32-43(39-25-19-36(20-26-39)33-13-7-4-8-14-33,40-27-21-37(22-28-40)34-15-9-5-10-16-34)41-29-23-38(24-30-41)35-17-11-6-12-18-35/h4-30H,1-3H3. The van der Waals surface area contributed by atoms with Crippen LogP contribution in [-0.4, -0.2) is 16.1 Å². The molecule has 6 aromatic rings. The van der Waals surface area contributed by atoms with E-state index in [0.29, 0.717) is 0 Å². The molecule has 0 aliphatic heterocycles. The van der Waals surface area contributed by atoms with Gasteiger partial charge in [0.05, 0.1) is 0 Å². The molecule has 0 fully saturated rings. The summed E-state index contributed by atoms with van der Waals surface area (Å²) < 4.78 is 0. The molecule has 6 aromatic carbocycles. The van der Waals surface area contributed by atoms with Crippen molar-refractivity contribution in [3.8, 4) is 44.5 Å². The van der Waals surface area contributed by atoms with Crippen molar-refractivity contribution in [3.63, 3.8) is 0 Å². The minimum atomic E-state index is -2.73. The van der Waals surface area contributed by atoms with Crippen LogP contribution in [0.15, 0.2) is 164 Å². The van der Waals surface area contributed by atoms with Crippen molar-refractivity contribution >= 4 is 31.7 Å². The Morgan fingerprint density at radius 1 is 0.302 bits per heavy atom. The van der Waals surface area contributed by atoms with E-state index in [0.717, 1.165) is 0 Å². The monoisotopic (exact) mass is 584 g/mol. The van der Waals surface area contributed by atoms with Gasteiger partial charge in [0.2, 0.25) is 8.07 Å². The maximum Gasteiger partial charge on any atom is 0.228 e. The minimum absolute atomic E-state index is 1.23. The fourth-order valence-corrected chi connectivity index (χ4v) is 11.3. The van der Waals surface area contributed by atoms with Crippen molar-refractivity contribution in [2.45, 2.75) is 19.6 Å². The van der Waals surface area contributed by atoms with Gasteiger partial charge in [-0.05, 0) is 48.9 Å². The van der Waals surface area contributed by atoms with Gasteiger partial charge >= 0.3 is 0 Å². The highest BCUT2D eigenvalue weighted by atomic mass is 28.3. The molecule has 43 heavy (non-hydrogen) atoms. The van der Waals surface area contributed by atoms with Crippen molar-refractivity contribution in [2.75, 3.05) is 0 Å². The zero-order valence-electron chi connectivity index (χ0n) is 25.1. The first kappa shape index (κ1) is 28.4. The molecule has 0 saturated heterocycles. The molecule has 0 radical (unpaired) electrons. The molecule has 0 N–H and O–H groups in total. The van der Waals surface area contributed by atoms with Gasteiger partial charge in [-0.25, -0.2) is 0 Å². The maximum absolute atomic E-state index is 4.05. The smallest absolute Gasteiger partial charge is 0.138 e. The second kappa shape index (κ2) is 12.3. The van der Waals surface area contributed by atoms with Crippen molar-refractivity contribution < 1.29 is 0 Å². The molecule has 0 nitrogen and oxygen atoms in total. The molecule has 0 aliphatic carbocycles. The van der Waals surface area contributed by atoms with Gasteiger partial charge in [0, 0.05) is 0 Å². The van der Waals surface area contributed by atoms with Crippen LogP contribution in [-0.2, 0) is 0 Å². The van der Waals surface area contributed by atoms with Crippen LogP contribution in [0.4, 0.5) is 0 Å². The van der Waals surface area contributed by atoms with Crippen LogP contribution in [0.3, 0.4) is 0 Å². The topological polar surface area (TPSA) is 0 Å². The Morgan fingerprint density at radius 3 is 0.814 bits per heavy atom. The van der Waals surface area contributed by atoms with Crippen LogP contribution >= 0.6 is 0 Å². The zero-order chi connectivity index (χ0) is 29.7. The van der Waals surface area contributed by atoms with Gasteiger partial charge in [-0.15, -0.1) is 11.1 Å². The highest BCUT2D eigenvalue weighted by Gasteiger charge is 2.39. The first-order chi connectivity index (χ1) is 20.9. The van der Waals surface area contributed by atoms with E-state index < -0.39 is 16.1 Å². The highest BCUT2D eigenvalue weighted by molar-refractivity contribution is 7.17. The average molecular weight is 585 g/mol. The maximum atomic E-state index is 4.05. The van der Waals surface area contributed by atoms with Gasteiger partial charge in [0.1, 0.15) is 8.07 Å². The molecule has 0 bridgehead atoms. The van der Waals surface area contributed by atoms with Crippen molar-refractivity contribution in [3.05, 3.63) is 164 Å². The summed E-state index contributed by atoms with van der Waals surface area (Å²) >= 11 is 0. The summed E-state index contributed by atoms with van der Waals surface area (Å²) in [6.45, 7) is 7.03. The second-order valence-corrected chi connectivity index (χ2v) is 20.3. The lowest BCUT2D eigenvalue weighted by Crippen LogP contribution is -2.66. The van der Waals surface area contributed by atoms with Gasteiger partial charge in [0.25, 0.3) is 0 Å². The summed E-state index contributed by atoms with van der Waals surface area (Å²) in [6.07, 6.45) is 0. The lowest BCUT2D eigenvalue weighted by Gasteiger charge is -2.29. The van der Waals surface area contributed by atoms with Crippen LogP contribution in [0.1, 0.15) is 0 Å². The molecule has 0 heterocycles. The van der Waals surface area contributed by atoms with Crippen LogP contribution in [0.5, 0.6) is 0 Å². The Balaban J connectivity index is 1.55. The summed E-state index contributed by atoms with van der Waals surface area (Å²) in [5.74, 6) is 0. The van der Waals surface area contributed by atoms with Crippen molar-refractivity contribution in [1.82, 2.24) is 0 Å². The average Bonchev–Trinajstić information content (AvgIpc) is 3.07. The summed E-state index contributed by atoms with van der Waals surface area (Å²) in [6, 6.07) is 59.6. The molecular formula is C41H36Si2. The van der Waals surface area contributed by atoms with Crippen LogP contribution in [0.2, 0.25) is 19.6 Å². The Bertz CT molecular complexity index is 1640. The van der Waals surface area contributed by atoms with Crippen LogP contribution in [0.25, 0.3) is 33.4 Å². The molecule has 0 saturated carbocycles. The lowest BCUT2D eigenvalue weighted by molar-refractivity contribution is 1.61. The van der Waals surface area contributed by atoms with E-state index in [-0.39, 0.29) is 0 Å². The number of rotatable bonds is 6. The third kappa shape index (κ3) is 6.25. The molecule has 0 spiro atoms. The number of hydrogen-bond acceptors (Lipinski definition) is 0. The molecule has 208 valence electrons. The van der Waals surface area contributed by atoms with Gasteiger partial charge in [-0.1, -0.05) is 183 Å². The molecule has 0 aromatic heterocycles. The van der Waals surface area contributed by atoms with E-state index in [2.05, 4.69) is 195 Å². The van der Waals surface area contributed by atoms with E-state index in [1.54, 1.807) is 0 Å². The molecule has 0 unspecified atom stereocenters. The van der Waals surface area contributed by atoms with Gasteiger partial charge < -0.3 is 0 Å². The third-order valence-corrected chi connectivity index (χ3v) is 13.1. The Kier molecular flexibility index (Phi) is 8.12. The van der Waals surface area contributed by atoms with Crippen LogP contribution in [0, 0.1) is 11.1 Å². The molecule has 2 heteroatoms. The Labute approximate surface area is 258 Å². The fraction of sp³-hybridized carbons (Fsp3) is 0.0732. The predicted octanol–water partition coefficient (Wildman–Crippen LogP) is 8.58. The van der Waals surface area contributed by atoms with Crippen molar-refractivity contribution in [2.24, 2.45) is 0 Å². The Hall–Kier alpha value is -4.69. The van der Waals surface area contributed by atoms with Crippen LogP contribution < -0.4 is 15.6 Å². The first-order valence-corrected chi connectivity index (χ1v) is 20.4.